The van der Waals surface area contributed by atoms with Crippen LogP contribution in [0.25, 0.3) is 0 Å². The first-order valence-electron chi connectivity index (χ1n) is 6.62. The number of rotatable bonds is 6. The Bertz CT molecular complexity index is 537. The number of ketones is 1. The fraction of sp³-hybridized carbons (Fsp3) is 0.235. The van der Waals surface area contributed by atoms with Crippen LogP contribution in [0.2, 0.25) is 0 Å². The highest BCUT2D eigenvalue weighted by Gasteiger charge is 2.22. The number of ether oxygens (including phenoxy) is 1. The molecule has 2 aromatic carbocycles. The van der Waals surface area contributed by atoms with E-state index in [0.717, 1.165) is 0 Å². The molecular formula is C17H19NO2. The minimum Gasteiger partial charge on any atom is -0.481 e. The zero-order valence-electron chi connectivity index (χ0n) is 11.8. The van der Waals surface area contributed by atoms with E-state index in [2.05, 4.69) is 0 Å². The maximum Gasteiger partial charge on any atom is 0.204 e. The molecule has 0 heterocycles. The van der Waals surface area contributed by atoms with Gasteiger partial charge in [-0.3, -0.25) is 4.79 Å². The molecule has 2 rings (SSSR count). The molecule has 2 aromatic rings. The Morgan fingerprint density at radius 1 is 1.00 bits per heavy atom. The third kappa shape index (κ3) is 3.93. The van der Waals surface area contributed by atoms with E-state index in [1.165, 1.54) is 0 Å². The Hall–Kier alpha value is -2.13. The Morgan fingerprint density at radius 3 is 2.10 bits per heavy atom. The predicted octanol–water partition coefficient (Wildman–Crippen LogP) is 2.88. The van der Waals surface area contributed by atoms with Crippen molar-refractivity contribution in [1.29, 1.82) is 0 Å². The van der Waals surface area contributed by atoms with Crippen molar-refractivity contribution in [2.45, 2.75) is 6.10 Å². The van der Waals surface area contributed by atoms with Gasteiger partial charge in [-0.25, -0.2) is 0 Å². The number of likely N-dealkylation sites (N-methyl/N-ethyl adjacent to an activating group) is 1. The number of benzene rings is 2. The molecule has 104 valence electrons. The third-order valence-corrected chi connectivity index (χ3v) is 2.90. The van der Waals surface area contributed by atoms with Crippen molar-refractivity contribution in [3.05, 3.63) is 66.2 Å². The monoisotopic (exact) mass is 269 g/mol. The van der Waals surface area contributed by atoms with E-state index in [9.17, 15) is 4.79 Å². The van der Waals surface area contributed by atoms with Crippen molar-refractivity contribution < 1.29 is 9.53 Å². The SMILES string of the molecule is CN(C)CC(Oc1ccccc1)C(=O)c1ccccc1. The van der Waals surface area contributed by atoms with E-state index in [-0.39, 0.29) is 5.78 Å². The molecule has 0 amide bonds. The topological polar surface area (TPSA) is 29.5 Å². The molecule has 0 aromatic heterocycles. The van der Waals surface area contributed by atoms with Crippen molar-refractivity contribution in [1.82, 2.24) is 4.90 Å². The lowest BCUT2D eigenvalue weighted by Crippen LogP contribution is -2.37. The largest absolute Gasteiger partial charge is 0.481 e. The molecule has 0 radical (unpaired) electrons. The summed E-state index contributed by atoms with van der Waals surface area (Å²) in [7, 11) is 3.86. The van der Waals surface area contributed by atoms with E-state index in [0.29, 0.717) is 17.9 Å². The highest BCUT2D eigenvalue weighted by atomic mass is 16.5. The van der Waals surface area contributed by atoms with Gasteiger partial charge < -0.3 is 9.64 Å². The first-order chi connectivity index (χ1) is 9.66. The molecule has 0 aliphatic rings. The summed E-state index contributed by atoms with van der Waals surface area (Å²) in [5, 5.41) is 0. The first-order valence-corrected chi connectivity index (χ1v) is 6.62. The van der Waals surface area contributed by atoms with Crippen molar-refractivity contribution in [3.8, 4) is 5.75 Å². The van der Waals surface area contributed by atoms with Gasteiger partial charge in [0, 0.05) is 12.1 Å². The van der Waals surface area contributed by atoms with Crippen LogP contribution in [-0.4, -0.2) is 37.4 Å². The number of carbonyl (C=O) groups is 1. The number of carbonyl (C=O) groups excluding carboxylic acids is 1. The lowest BCUT2D eigenvalue weighted by Gasteiger charge is -2.21. The highest BCUT2D eigenvalue weighted by molar-refractivity contribution is 5.99. The molecule has 0 saturated heterocycles. The van der Waals surface area contributed by atoms with Crippen LogP contribution in [0.1, 0.15) is 10.4 Å². The summed E-state index contributed by atoms with van der Waals surface area (Å²) >= 11 is 0. The second-order valence-corrected chi connectivity index (χ2v) is 4.91. The second kappa shape index (κ2) is 6.87. The highest BCUT2D eigenvalue weighted by Crippen LogP contribution is 2.14. The van der Waals surface area contributed by atoms with Gasteiger partial charge in [-0.1, -0.05) is 48.5 Å². The Labute approximate surface area is 119 Å². The van der Waals surface area contributed by atoms with Crippen LogP contribution < -0.4 is 4.74 Å². The van der Waals surface area contributed by atoms with Crippen LogP contribution in [0.3, 0.4) is 0 Å². The molecule has 3 heteroatoms. The summed E-state index contributed by atoms with van der Waals surface area (Å²) < 4.78 is 5.85. The normalized spacial score (nSPS) is 12.2. The molecule has 20 heavy (non-hydrogen) atoms. The Morgan fingerprint density at radius 2 is 1.55 bits per heavy atom. The Balaban J connectivity index is 2.17. The number of Topliss-reactive ketones (excluding diaryl/α,β-unsaturated/α-hetero) is 1. The minimum atomic E-state index is -0.505. The third-order valence-electron chi connectivity index (χ3n) is 2.90. The summed E-state index contributed by atoms with van der Waals surface area (Å²) in [5.41, 5.74) is 0.676. The first kappa shape index (κ1) is 14.3. The van der Waals surface area contributed by atoms with E-state index < -0.39 is 6.10 Å². The van der Waals surface area contributed by atoms with Gasteiger partial charge in [0.1, 0.15) is 5.75 Å². The van der Waals surface area contributed by atoms with E-state index >= 15 is 0 Å². The minimum absolute atomic E-state index is 0.00292. The molecule has 3 nitrogen and oxygen atoms in total. The zero-order valence-corrected chi connectivity index (χ0v) is 11.8. The fourth-order valence-electron chi connectivity index (χ4n) is 1.96. The van der Waals surface area contributed by atoms with Crippen molar-refractivity contribution in [2.24, 2.45) is 0 Å². The van der Waals surface area contributed by atoms with Crippen LogP contribution in [-0.2, 0) is 0 Å². The maximum atomic E-state index is 12.5. The van der Waals surface area contributed by atoms with Crippen molar-refractivity contribution in [2.75, 3.05) is 20.6 Å². The lowest BCUT2D eigenvalue weighted by molar-refractivity contribution is 0.0744. The average Bonchev–Trinajstić information content (AvgIpc) is 2.47. The second-order valence-electron chi connectivity index (χ2n) is 4.91. The molecular weight excluding hydrogens is 250 g/mol. The van der Waals surface area contributed by atoms with Gasteiger partial charge >= 0.3 is 0 Å². The molecule has 0 saturated carbocycles. The quantitative estimate of drug-likeness (QED) is 0.755. The van der Waals surface area contributed by atoms with E-state index in [1.807, 2.05) is 79.7 Å². The van der Waals surface area contributed by atoms with Gasteiger partial charge in [-0.15, -0.1) is 0 Å². The van der Waals surface area contributed by atoms with Crippen molar-refractivity contribution in [3.63, 3.8) is 0 Å². The molecule has 0 N–H and O–H groups in total. The van der Waals surface area contributed by atoms with Gasteiger partial charge in [-0.2, -0.15) is 0 Å². The van der Waals surface area contributed by atoms with Crippen LogP contribution in [0.4, 0.5) is 0 Å². The standard InChI is InChI=1S/C17H19NO2/c1-18(2)13-16(20-15-11-7-4-8-12-15)17(19)14-9-5-3-6-10-14/h3-12,16H,13H2,1-2H3. The number of hydrogen-bond donors (Lipinski definition) is 0. The zero-order chi connectivity index (χ0) is 14.4. The van der Waals surface area contributed by atoms with Crippen LogP contribution in [0.5, 0.6) is 5.75 Å². The summed E-state index contributed by atoms with van der Waals surface area (Å²) in [6, 6.07) is 18.7. The number of hydrogen-bond acceptors (Lipinski definition) is 3. The smallest absolute Gasteiger partial charge is 0.204 e. The summed E-state index contributed by atoms with van der Waals surface area (Å²) in [5.74, 6) is 0.715. The van der Waals surface area contributed by atoms with Gasteiger partial charge in [-0.05, 0) is 26.2 Å². The molecule has 0 aliphatic heterocycles. The van der Waals surface area contributed by atoms with Crippen LogP contribution in [0.15, 0.2) is 60.7 Å². The predicted molar refractivity (Wildman–Crippen MR) is 80.2 cm³/mol. The van der Waals surface area contributed by atoms with Crippen LogP contribution in [0, 0.1) is 0 Å². The molecule has 0 bridgehead atoms. The molecule has 0 spiro atoms. The van der Waals surface area contributed by atoms with Gasteiger partial charge in [0.15, 0.2) is 6.10 Å². The van der Waals surface area contributed by atoms with Gasteiger partial charge in [0.25, 0.3) is 0 Å². The van der Waals surface area contributed by atoms with Crippen molar-refractivity contribution >= 4 is 5.78 Å². The number of nitrogens with zero attached hydrogens (tertiary/aromatic N) is 1. The molecule has 1 atom stereocenters. The fourth-order valence-corrected chi connectivity index (χ4v) is 1.96. The number of para-hydroxylation sites is 1. The summed E-state index contributed by atoms with van der Waals surface area (Å²) in [6.07, 6.45) is -0.505. The molecule has 0 fully saturated rings. The molecule has 1 unspecified atom stereocenters. The maximum absolute atomic E-state index is 12.5. The van der Waals surface area contributed by atoms with Gasteiger partial charge in [0.05, 0.1) is 0 Å². The van der Waals surface area contributed by atoms with Crippen LogP contribution >= 0.6 is 0 Å². The molecule has 0 aliphatic carbocycles. The van der Waals surface area contributed by atoms with E-state index in [1.54, 1.807) is 0 Å². The lowest BCUT2D eigenvalue weighted by atomic mass is 10.1. The Kier molecular flexibility index (Phi) is 4.91. The van der Waals surface area contributed by atoms with Gasteiger partial charge in [0.2, 0.25) is 5.78 Å². The summed E-state index contributed by atoms with van der Waals surface area (Å²) in [4.78, 5) is 14.5. The van der Waals surface area contributed by atoms with E-state index in [4.69, 9.17) is 4.74 Å². The summed E-state index contributed by atoms with van der Waals surface area (Å²) in [6.45, 7) is 0.544. The average molecular weight is 269 g/mol.